The SMILES string of the molecule is [N-]=[N+]=Nc1ccc2n[nH]c(=O)n2n1. The summed E-state index contributed by atoms with van der Waals surface area (Å²) in [4.78, 5) is 13.5. The Hall–Kier alpha value is -2.34. The molecule has 2 aromatic heterocycles. The molecule has 0 saturated heterocycles. The summed E-state index contributed by atoms with van der Waals surface area (Å²) in [6.07, 6.45) is 0. The first-order chi connectivity index (χ1) is 6.31. The molecule has 8 nitrogen and oxygen atoms in total. The Labute approximate surface area is 70.4 Å². The fraction of sp³-hybridized carbons (Fsp3) is 0. The van der Waals surface area contributed by atoms with Crippen LogP contribution in [0.2, 0.25) is 0 Å². The van der Waals surface area contributed by atoms with Gasteiger partial charge < -0.3 is 0 Å². The molecule has 0 unspecified atom stereocenters. The van der Waals surface area contributed by atoms with E-state index in [0.717, 1.165) is 4.52 Å². The summed E-state index contributed by atoms with van der Waals surface area (Å²) >= 11 is 0. The molecule has 0 bridgehead atoms. The zero-order chi connectivity index (χ0) is 9.26. The molecule has 2 rings (SSSR count). The Morgan fingerprint density at radius 1 is 1.62 bits per heavy atom. The zero-order valence-electron chi connectivity index (χ0n) is 6.25. The van der Waals surface area contributed by atoms with Gasteiger partial charge in [0.15, 0.2) is 5.65 Å². The second kappa shape index (κ2) is 2.61. The van der Waals surface area contributed by atoms with Crippen molar-refractivity contribution in [3.63, 3.8) is 0 Å². The summed E-state index contributed by atoms with van der Waals surface area (Å²) in [6.45, 7) is 0. The molecule has 8 heteroatoms. The average Bonchev–Trinajstić information content (AvgIpc) is 2.49. The van der Waals surface area contributed by atoms with Crippen molar-refractivity contribution < 1.29 is 0 Å². The van der Waals surface area contributed by atoms with Crippen LogP contribution in [0.5, 0.6) is 0 Å². The van der Waals surface area contributed by atoms with Crippen molar-refractivity contribution in [2.45, 2.75) is 0 Å². The van der Waals surface area contributed by atoms with Crippen LogP contribution in [0.15, 0.2) is 22.0 Å². The van der Waals surface area contributed by atoms with Crippen molar-refractivity contribution in [3.05, 3.63) is 33.1 Å². The van der Waals surface area contributed by atoms with Crippen molar-refractivity contribution in [2.24, 2.45) is 5.11 Å². The van der Waals surface area contributed by atoms with Crippen molar-refractivity contribution in [1.82, 2.24) is 19.8 Å². The molecule has 0 aliphatic carbocycles. The summed E-state index contributed by atoms with van der Waals surface area (Å²) in [5, 5.41) is 12.8. The third-order valence-corrected chi connectivity index (χ3v) is 1.41. The van der Waals surface area contributed by atoms with Crippen molar-refractivity contribution in [1.29, 1.82) is 0 Å². The van der Waals surface area contributed by atoms with Gasteiger partial charge in [-0.3, -0.25) is 0 Å². The van der Waals surface area contributed by atoms with Gasteiger partial charge in [-0.05, 0) is 22.8 Å². The standard InChI is InChI=1S/C5H3N7O/c6-11-7-3-1-2-4-8-9-5(13)12(4)10-3/h1-2H,(H,9,13). The van der Waals surface area contributed by atoms with E-state index < -0.39 is 5.69 Å². The number of fused-ring (bicyclic) bond motifs is 1. The van der Waals surface area contributed by atoms with E-state index in [1.54, 1.807) is 0 Å². The van der Waals surface area contributed by atoms with Crippen LogP contribution in [0.4, 0.5) is 5.82 Å². The number of rotatable bonds is 1. The Kier molecular flexibility index (Phi) is 1.47. The van der Waals surface area contributed by atoms with Gasteiger partial charge in [0, 0.05) is 4.91 Å². The van der Waals surface area contributed by atoms with Gasteiger partial charge in [0.25, 0.3) is 0 Å². The molecule has 1 N–H and O–H groups in total. The molecule has 13 heavy (non-hydrogen) atoms. The quantitative estimate of drug-likeness (QED) is 0.385. The van der Waals surface area contributed by atoms with Crippen LogP contribution in [0, 0.1) is 0 Å². The smallest absolute Gasteiger partial charge is 0.244 e. The van der Waals surface area contributed by atoms with E-state index in [2.05, 4.69) is 25.3 Å². The third kappa shape index (κ3) is 1.10. The van der Waals surface area contributed by atoms with E-state index in [4.69, 9.17) is 5.53 Å². The highest BCUT2D eigenvalue weighted by atomic mass is 16.2. The maximum absolute atomic E-state index is 11.0. The van der Waals surface area contributed by atoms with Crippen LogP contribution in [0.1, 0.15) is 0 Å². The second-order valence-electron chi connectivity index (χ2n) is 2.18. The predicted octanol–water partition coefficient (Wildman–Crippen LogP) is 0.359. The van der Waals surface area contributed by atoms with Crippen LogP contribution < -0.4 is 5.69 Å². The van der Waals surface area contributed by atoms with Gasteiger partial charge in [-0.15, -0.1) is 0 Å². The van der Waals surface area contributed by atoms with Gasteiger partial charge in [-0.25, -0.2) is 9.89 Å². The summed E-state index contributed by atoms with van der Waals surface area (Å²) in [5.41, 5.74) is 8.03. The first kappa shape index (κ1) is 7.32. The Bertz CT molecular complexity index is 545. The Balaban J connectivity index is 2.79. The van der Waals surface area contributed by atoms with E-state index in [1.165, 1.54) is 12.1 Å². The third-order valence-electron chi connectivity index (χ3n) is 1.41. The molecule has 0 aliphatic rings. The second-order valence-corrected chi connectivity index (χ2v) is 2.18. The molecule has 64 valence electrons. The molecule has 2 aromatic rings. The zero-order valence-corrected chi connectivity index (χ0v) is 6.25. The van der Waals surface area contributed by atoms with E-state index >= 15 is 0 Å². The molecule has 0 aliphatic heterocycles. The molecule has 0 saturated carbocycles. The molecule has 0 radical (unpaired) electrons. The molecule has 2 heterocycles. The normalized spacial score (nSPS) is 9.85. The molecule has 0 atom stereocenters. The maximum atomic E-state index is 11.0. The van der Waals surface area contributed by atoms with Crippen molar-refractivity contribution in [3.8, 4) is 0 Å². The lowest BCUT2D eigenvalue weighted by molar-refractivity contribution is 0.878. The number of azide groups is 1. The van der Waals surface area contributed by atoms with Crippen LogP contribution in [0.3, 0.4) is 0 Å². The van der Waals surface area contributed by atoms with Gasteiger partial charge in [-0.2, -0.15) is 14.7 Å². The molecule has 0 fully saturated rings. The highest BCUT2D eigenvalue weighted by Crippen LogP contribution is 2.06. The maximum Gasteiger partial charge on any atom is 0.364 e. The predicted molar refractivity (Wildman–Crippen MR) is 42.4 cm³/mol. The average molecular weight is 177 g/mol. The van der Waals surface area contributed by atoms with Gasteiger partial charge in [-0.1, -0.05) is 0 Å². The first-order valence-corrected chi connectivity index (χ1v) is 3.31. The number of nitrogens with zero attached hydrogens (tertiary/aromatic N) is 6. The first-order valence-electron chi connectivity index (χ1n) is 3.31. The van der Waals surface area contributed by atoms with Crippen LogP contribution in [-0.2, 0) is 0 Å². The number of H-pyrrole nitrogens is 1. The van der Waals surface area contributed by atoms with Crippen LogP contribution in [0.25, 0.3) is 16.1 Å². The minimum absolute atomic E-state index is 0.124. The molecule has 0 aromatic carbocycles. The monoisotopic (exact) mass is 177 g/mol. The number of aromatic nitrogens is 4. The highest BCUT2D eigenvalue weighted by molar-refractivity contribution is 5.39. The van der Waals surface area contributed by atoms with E-state index in [9.17, 15) is 4.79 Å². The summed E-state index contributed by atoms with van der Waals surface area (Å²) in [6, 6.07) is 2.99. The Morgan fingerprint density at radius 3 is 3.23 bits per heavy atom. The van der Waals surface area contributed by atoms with E-state index in [1.807, 2.05) is 0 Å². The van der Waals surface area contributed by atoms with Crippen molar-refractivity contribution >= 4 is 11.5 Å². The van der Waals surface area contributed by atoms with Gasteiger partial charge in [0.1, 0.15) is 5.82 Å². The summed E-state index contributed by atoms with van der Waals surface area (Å²) in [7, 11) is 0. The number of nitrogens with one attached hydrogen (secondary N) is 1. The van der Waals surface area contributed by atoms with Gasteiger partial charge in [0.05, 0.1) is 0 Å². The highest BCUT2D eigenvalue weighted by Gasteiger charge is 2.00. The number of aromatic amines is 1. The van der Waals surface area contributed by atoms with Gasteiger partial charge >= 0.3 is 5.69 Å². The van der Waals surface area contributed by atoms with E-state index in [-0.39, 0.29) is 5.82 Å². The van der Waals surface area contributed by atoms with Crippen molar-refractivity contribution in [2.75, 3.05) is 0 Å². The lowest BCUT2D eigenvalue weighted by Gasteiger charge is -1.89. The van der Waals surface area contributed by atoms with E-state index in [0.29, 0.717) is 5.65 Å². The minimum Gasteiger partial charge on any atom is -0.244 e. The fourth-order valence-corrected chi connectivity index (χ4v) is 0.892. The van der Waals surface area contributed by atoms with Crippen LogP contribution in [-0.4, -0.2) is 19.8 Å². The molecule has 0 amide bonds. The molecule has 0 spiro atoms. The lowest BCUT2D eigenvalue weighted by atomic mass is 10.5. The minimum atomic E-state index is -0.468. The van der Waals surface area contributed by atoms with Gasteiger partial charge in [0.2, 0.25) is 0 Å². The Morgan fingerprint density at radius 2 is 2.46 bits per heavy atom. The molecular formula is C5H3N7O. The summed E-state index contributed by atoms with van der Waals surface area (Å²) < 4.78 is 1.02. The summed E-state index contributed by atoms with van der Waals surface area (Å²) in [5.74, 6) is 0.124. The fourth-order valence-electron chi connectivity index (χ4n) is 0.892. The molecular weight excluding hydrogens is 174 g/mol. The number of hydrogen-bond acceptors (Lipinski definition) is 4. The largest absolute Gasteiger partial charge is 0.364 e. The lowest BCUT2D eigenvalue weighted by Crippen LogP contribution is -2.11. The number of hydrogen-bond donors (Lipinski definition) is 1. The topological polar surface area (TPSA) is 112 Å². The van der Waals surface area contributed by atoms with Crippen LogP contribution >= 0.6 is 0 Å².